The van der Waals surface area contributed by atoms with E-state index in [1.54, 1.807) is 0 Å². The molecule has 2 aliphatic heterocycles. The maximum Gasteiger partial charge on any atom is 0.232 e. The Balaban J connectivity index is 1.66. The Morgan fingerprint density at radius 1 is 1.36 bits per heavy atom. The molecule has 0 saturated carbocycles. The van der Waals surface area contributed by atoms with Gasteiger partial charge < -0.3 is 9.42 Å². The van der Waals surface area contributed by atoms with Crippen molar-refractivity contribution in [2.75, 3.05) is 19.6 Å². The Kier molecular flexibility index (Phi) is 4.02. The first-order valence-corrected chi connectivity index (χ1v) is 8.42. The number of carbonyl (C=O) groups is 1. The predicted octanol–water partition coefficient (Wildman–Crippen LogP) is 2.51. The van der Waals surface area contributed by atoms with Gasteiger partial charge in [0, 0.05) is 24.7 Å². The van der Waals surface area contributed by atoms with Crippen LogP contribution in [0, 0.1) is 19.3 Å². The van der Waals surface area contributed by atoms with E-state index in [1.165, 1.54) is 0 Å². The first-order valence-electron chi connectivity index (χ1n) is 8.42. The van der Waals surface area contributed by atoms with Crippen molar-refractivity contribution in [2.24, 2.45) is 5.41 Å². The summed E-state index contributed by atoms with van der Waals surface area (Å²) in [5.41, 5.74) is 1.84. The van der Waals surface area contributed by atoms with Gasteiger partial charge in [-0.25, -0.2) is 0 Å². The van der Waals surface area contributed by atoms with Crippen LogP contribution in [0.1, 0.15) is 50.1 Å². The number of aryl methyl sites for hydroxylation is 2. The van der Waals surface area contributed by atoms with Crippen LogP contribution in [0.3, 0.4) is 0 Å². The number of aromatic nitrogens is 1. The molecule has 1 amide bonds. The first kappa shape index (κ1) is 15.5. The predicted molar refractivity (Wildman–Crippen MR) is 84.4 cm³/mol. The lowest BCUT2D eigenvalue weighted by Gasteiger charge is -2.54. The zero-order valence-corrected chi connectivity index (χ0v) is 14.2. The van der Waals surface area contributed by atoms with E-state index in [4.69, 9.17) is 4.52 Å². The highest BCUT2D eigenvalue weighted by Gasteiger charge is 2.54. The summed E-state index contributed by atoms with van der Waals surface area (Å²) < 4.78 is 5.20. The van der Waals surface area contributed by atoms with E-state index in [0.717, 1.165) is 55.9 Å². The summed E-state index contributed by atoms with van der Waals surface area (Å²) in [7, 11) is 0. The Labute approximate surface area is 132 Å². The number of hydrogen-bond donors (Lipinski definition) is 0. The number of β-lactam (4-membered cyclic amide) rings is 1. The molecule has 0 aromatic carbocycles. The molecule has 2 aliphatic rings. The molecule has 1 aromatic heterocycles. The maximum atomic E-state index is 12.8. The van der Waals surface area contributed by atoms with Crippen molar-refractivity contribution in [1.29, 1.82) is 0 Å². The molecule has 1 spiro atoms. The Morgan fingerprint density at radius 2 is 2.14 bits per heavy atom. The van der Waals surface area contributed by atoms with Crippen molar-refractivity contribution in [3.8, 4) is 0 Å². The molecule has 0 radical (unpaired) electrons. The molecule has 22 heavy (non-hydrogen) atoms. The lowest BCUT2D eigenvalue weighted by atomic mass is 9.72. The van der Waals surface area contributed by atoms with Crippen LogP contribution >= 0.6 is 0 Å². The molecule has 5 nitrogen and oxygen atoms in total. The topological polar surface area (TPSA) is 49.6 Å². The van der Waals surface area contributed by atoms with E-state index >= 15 is 0 Å². The normalized spacial score (nSPS) is 27.3. The van der Waals surface area contributed by atoms with Gasteiger partial charge in [-0.15, -0.1) is 0 Å². The zero-order valence-electron chi connectivity index (χ0n) is 14.2. The molecular weight excluding hydrogens is 278 g/mol. The van der Waals surface area contributed by atoms with Crippen LogP contribution in [0.25, 0.3) is 0 Å². The largest absolute Gasteiger partial charge is 0.361 e. The lowest BCUT2D eigenvalue weighted by molar-refractivity contribution is -0.168. The van der Waals surface area contributed by atoms with Gasteiger partial charge in [-0.2, -0.15) is 0 Å². The van der Waals surface area contributed by atoms with Gasteiger partial charge in [-0.1, -0.05) is 12.1 Å². The molecule has 1 aromatic rings. The van der Waals surface area contributed by atoms with Crippen molar-refractivity contribution in [2.45, 2.75) is 59.5 Å². The first-order chi connectivity index (χ1) is 10.5. The van der Waals surface area contributed by atoms with E-state index in [1.807, 2.05) is 18.7 Å². The summed E-state index contributed by atoms with van der Waals surface area (Å²) in [6.45, 7) is 11.9. The minimum Gasteiger partial charge on any atom is -0.361 e. The minimum atomic E-state index is -0.124. The monoisotopic (exact) mass is 305 g/mol. The van der Waals surface area contributed by atoms with E-state index in [9.17, 15) is 4.79 Å². The van der Waals surface area contributed by atoms with Gasteiger partial charge >= 0.3 is 0 Å². The highest BCUT2D eigenvalue weighted by molar-refractivity contribution is 5.89. The summed E-state index contributed by atoms with van der Waals surface area (Å²) in [4.78, 5) is 17.3. The SMILES string of the molecule is CC[C@H](C)N1CCC[C@]2(CN(Cc3c(C)noc3C)C2=O)C1. The van der Waals surface area contributed by atoms with Crippen LogP contribution in [0.2, 0.25) is 0 Å². The maximum absolute atomic E-state index is 12.8. The van der Waals surface area contributed by atoms with Crippen LogP contribution in [0.15, 0.2) is 4.52 Å². The van der Waals surface area contributed by atoms with Crippen LogP contribution in [0.5, 0.6) is 0 Å². The Hall–Kier alpha value is -1.36. The number of carbonyl (C=O) groups excluding carboxylic acids is 1. The Morgan fingerprint density at radius 3 is 2.73 bits per heavy atom. The van der Waals surface area contributed by atoms with E-state index < -0.39 is 0 Å². The van der Waals surface area contributed by atoms with Crippen LogP contribution in [0.4, 0.5) is 0 Å². The second-order valence-electron chi connectivity index (χ2n) is 7.08. The van der Waals surface area contributed by atoms with Crippen LogP contribution in [-0.2, 0) is 11.3 Å². The van der Waals surface area contributed by atoms with E-state index in [0.29, 0.717) is 18.5 Å². The average molecular weight is 305 g/mol. The van der Waals surface area contributed by atoms with Gasteiger partial charge in [-0.05, 0) is 46.6 Å². The van der Waals surface area contributed by atoms with E-state index in [-0.39, 0.29) is 5.41 Å². The van der Waals surface area contributed by atoms with Gasteiger partial charge in [0.05, 0.1) is 17.7 Å². The van der Waals surface area contributed by atoms with Gasteiger partial charge in [0.2, 0.25) is 5.91 Å². The number of piperidine rings is 1. The number of likely N-dealkylation sites (tertiary alicyclic amines) is 2. The second kappa shape index (κ2) is 5.69. The third-order valence-electron chi connectivity index (χ3n) is 5.59. The molecule has 0 aliphatic carbocycles. The molecule has 2 atom stereocenters. The standard InChI is InChI=1S/C17H27N3O2/c1-5-12(2)19-8-6-7-17(10-19)11-20(16(17)21)9-15-13(3)18-22-14(15)4/h12H,5-11H2,1-4H3/t12-,17+/m0/s1. The highest BCUT2D eigenvalue weighted by atomic mass is 16.5. The smallest absolute Gasteiger partial charge is 0.232 e. The molecule has 122 valence electrons. The molecule has 0 N–H and O–H groups in total. The summed E-state index contributed by atoms with van der Waals surface area (Å²) in [6, 6.07) is 0.571. The van der Waals surface area contributed by atoms with E-state index in [2.05, 4.69) is 23.9 Å². The summed E-state index contributed by atoms with van der Waals surface area (Å²) in [6.07, 6.45) is 3.32. The summed E-state index contributed by atoms with van der Waals surface area (Å²) in [5, 5.41) is 3.98. The number of nitrogens with zero attached hydrogens (tertiary/aromatic N) is 3. The van der Waals surface area contributed by atoms with Crippen molar-refractivity contribution >= 4 is 5.91 Å². The van der Waals surface area contributed by atoms with Crippen LogP contribution in [-0.4, -0.2) is 46.5 Å². The molecule has 0 unspecified atom stereocenters. The number of rotatable bonds is 4. The van der Waals surface area contributed by atoms with Gasteiger partial charge in [-0.3, -0.25) is 9.69 Å². The molecule has 3 rings (SSSR count). The fraction of sp³-hybridized carbons (Fsp3) is 0.765. The molecule has 3 heterocycles. The highest BCUT2D eigenvalue weighted by Crippen LogP contribution is 2.42. The number of hydrogen-bond acceptors (Lipinski definition) is 4. The van der Waals surface area contributed by atoms with Gasteiger partial charge in [0.15, 0.2) is 0 Å². The Bertz CT molecular complexity index is 549. The number of amides is 1. The van der Waals surface area contributed by atoms with Crippen molar-refractivity contribution < 1.29 is 9.32 Å². The molecule has 2 fully saturated rings. The van der Waals surface area contributed by atoms with Gasteiger partial charge in [0.1, 0.15) is 5.76 Å². The van der Waals surface area contributed by atoms with Crippen molar-refractivity contribution in [3.63, 3.8) is 0 Å². The fourth-order valence-electron chi connectivity index (χ4n) is 3.90. The minimum absolute atomic E-state index is 0.124. The molecule has 5 heteroatoms. The third-order valence-corrected chi connectivity index (χ3v) is 5.59. The third kappa shape index (κ3) is 2.45. The molecule has 2 saturated heterocycles. The summed E-state index contributed by atoms with van der Waals surface area (Å²) in [5.74, 6) is 1.15. The molecular formula is C17H27N3O2. The lowest BCUT2D eigenvalue weighted by Crippen LogP contribution is -2.67. The van der Waals surface area contributed by atoms with Crippen molar-refractivity contribution in [1.82, 2.24) is 15.0 Å². The quantitative estimate of drug-likeness (QED) is 0.802. The molecule has 0 bridgehead atoms. The zero-order chi connectivity index (χ0) is 15.9. The summed E-state index contributed by atoms with van der Waals surface area (Å²) >= 11 is 0. The van der Waals surface area contributed by atoms with Crippen molar-refractivity contribution in [3.05, 3.63) is 17.0 Å². The van der Waals surface area contributed by atoms with Gasteiger partial charge in [0.25, 0.3) is 0 Å². The second-order valence-corrected chi connectivity index (χ2v) is 7.08. The fourth-order valence-corrected chi connectivity index (χ4v) is 3.90. The average Bonchev–Trinajstić information content (AvgIpc) is 2.85. The van der Waals surface area contributed by atoms with Crippen LogP contribution < -0.4 is 0 Å².